The van der Waals surface area contributed by atoms with Gasteiger partial charge in [-0.25, -0.2) is 9.59 Å². The van der Waals surface area contributed by atoms with Crippen LogP contribution in [0.3, 0.4) is 0 Å². The van der Waals surface area contributed by atoms with E-state index in [4.69, 9.17) is 10.2 Å². The van der Waals surface area contributed by atoms with Crippen molar-refractivity contribution in [1.29, 1.82) is 0 Å². The van der Waals surface area contributed by atoms with E-state index in [1.807, 2.05) is 0 Å². The van der Waals surface area contributed by atoms with Crippen molar-refractivity contribution in [3.05, 3.63) is 23.3 Å². The highest BCUT2D eigenvalue weighted by Crippen LogP contribution is 2.02. The second kappa shape index (κ2) is 5.96. The molecule has 0 aliphatic rings. The van der Waals surface area contributed by atoms with Crippen molar-refractivity contribution >= 4 is 11.9 Å². The van der Waals surface area contributed by atoms with Crippen LogP contribution in [0.25, 0.3) is 0 Å². The summed E-state index contributed by atoms with van der Waals surface area (Å²) in [7, 11) is 0. The molecule has 14 heavy (non-hydrogen) atoms. The first-order chi connectivity index (χ1) is 6.45. The number of unbranched alkanes of at least 4 members (excludes halogenated alkanes) is 1. The Kier molecular flexibility index (Phi) is 5.29. The van der Waals surface area contributed by atoms with Crippen LogP contribution in [0.2, 0.25) is 0 Å². The van der Waals surface area contributed by atoms with Crippen molar-refractivity contribution in [2.75, 3.05) is 0 Å². The molecule has 0 aromatic rings. The molecular weight excluding hydrogens is 184 g/mol. The van der Waals surface area contributed by atoms with Crippen LogP contribution in [-0.2, 0) is 9.59 Å². The van der Waals surface area contributed by atoms with E-state index >= 15 is 0 Å². The average Bonchev–Trinajstić information content (AvgIpc) is 2.11. The Bertz CT molecular complexity index is 256. The number of hydrogen-bond acceptors (Lipinski definition) is 2. The zero-order valence-corrected chi connectivity index (χ0v) is 8.28. The first-order valence-electron chi connectivity index (χ1n) is 4.25. The van der Waals surface area contributed by atoms with E-state index in [-0.39, 0.29) is 11.1 Å². The van der Waals surface area contributed by atoms with Gasteiger partial charge < -0.3 is 10.2 Å². The Labute approximate surface area is 82.6 Å². The largest absolute Gasteiger partial charge is 0.478 e. The number of carboxylic acid groups (broad SMARTS) is 2. The van der Waals surface area contributed by atoms with Gasteiger partial charge in [-0.1, -0.05) is 12.2 Å². The lowest BCUT2D eigenvalue weighted by atomic mass is 10.1. The van der Waals surface area contributed by atoms with Crippen LogP contribution in [-0.4, -0.2) is 22.2 Å². The molecule has 0 radical (unpaired) electrons. The fourth-order valence-corrected chi connectivity index (χ4v) is 0.774. The van der Waals surface area contributed by atoms with Crippen molar-refractivity contribution in [2.24, 2.45) is 0 Å². The highest BCUT2D eigenvalue weighted by molar-refractivity contribution is 5.86. The Morgan fingerprint density at radius 3 is 1.43 bits per heavy atom. The fourth-order valence-electron chi connectivity index (χ4n) is 0.774. The summed E-state index contributed by atoms with van der Waals surface area (Å²) in [6, 6.07) is 0. The van der Waals surface area contributed by atoms with Crippen LogP contribution in [0, 0.1) is 0 Å². The summed E-state index contributed by atoms with van der Waals surface area (Å²) in [5.41, 5.74) is 0.567. The van der Waals surface area contributed by atoms with Gasteiger partial charge in [0.1, 0.15) is 0 Å². The van der Waals surface area contributed by atoms with Gasteiger partial charge in [-0.15, -0.1) is 0 Å². The summed E-state index contributed by atoms with van der Waals surface area (Å²) in [5, 5.41) is 17.0. The molecule has 0 spiro atoms. The smallest absolute Gasteiger partial charge is 0.330 e. The molecule has 0 aliphatic carbocycles. The first-order valence-corrected chi connectivity index (χ1v) is 4.25. The Balaban J connectivity index is 3.98. The van der Waals surface area contributed by atoms with Crippen molar-refractivity contribution in [1.82, 2.24) is 0 Å². The molecule has 4 heteroatoms. The summed E-state index contributed by atoms with van der Waals surface area (Å²) < 4.78 is 0. The molecule has 0 amide bonds. The first kappa shape index (κ1) is 12.4. The molecule has 2 N–H and O–H groups in total. The third-order valence-electron chi connectivity index (χ3n) is 1.74. The summed E-state index contributed by atoms with van der Waals surface area (Å²) in [4.78, 5) is 20.7. The van der Waals surface area contributed by atoms with Crippen LogP contribution in [0.1, 0.15) is 26.7 Å². The lowest BCUT2D eigenvalue weighted by molar-refractivity contribution is -0.133. The summed E-state index contributed by atoms with van der Waals surface area (Å²) in [6.45, 7) is 3.02. The van der Waals surface area contributed by atoms with Gasteiger partial charge in [0.05, 0.1) is 0 Å². The molecule has 0 rings (SSSR count). The Morgan fingerprint density at radius 2 is 1.21 bits per heavy atom. The van der Waals surface area contributed by atoms with Crippen LogP contribution in [0.4, 0.5) is 0 Å². The minimum absolute atomic E-state index is 0.284. The van der Waals surface area contributed by atoms with E-state index in [1.165, 1.54) is 13.8 Å². The predicted molar refractivity (Wildman–Crippen MR) is 52.0 cm³/mol. The van der Waals surface area contributed by atoms with E-state index in [0.29, 0.717) is 12.8 Å². The number of carbonyl (C=O) groups is 2. The van der Waals surface area contributed by atoms with E-state index in [0.717, 1.165) is 0 Å². The predicted octanol–water partition coefficient (Wildman–Crippen LogP) is 1.83. The lowest BCUT2D eigenvalue weighted by Crippen LogP contribution is -1.96. The molecule has 0 atom stereocenters. The van der Waals surface area contributed by atoms with Gasteiger partial charge in [-0.2, -0.15) is 0 Å². The Morgan fingerprint density at radius 1 is 0.929 bits per heavy atom. The minimum Gasteiger partial charge on any atom is -0.478 e. The zero-order valence-electron chi connectivity index (χ0n) is 8.28. The van der Waals surface area contributed by atoms with Crippen LogP contribution in [0.5, 0.6) is 0 Å². The second-order valence-electron chi connectivity index (χ2n) is 2.96. The molecule has 78 valence electrons. The van der Waals surface area contributed by atoms with Crippen LogP contribution < -0.4 is 0 Å². The topological polar surface area (TPSA) is 74.6 Å². The molecule has 0 aromatic carbocycles. The standard InChI is InChI=1S/C10H14O4/c1-7(9(11)12)5-3-4-6-8(2)10(13)14/h5-6H,3-4H2,1-2H3,(H,11,12)(H,13,14)/b7-5+,8-6+. The molecule has 0 unspecified atom stereocenters. The van der Waals surface area contributed by atoms with Gasteiger partial charge in [0.25, 0.3) is 0 Å². The van der Waals surface area contributed by atoms with E-state index in [2.05, 4.69) is 0 Å². The number of carboxylic acids is 2. The third-order valence-corrected chi connectivity index (χ3v) is 1.74. The van der Waals surface area contributed by atoms with E-state index in [9.17, 15) is 9.59 Å². The zero-order chi connectivity index (χ0) is 11.1. The van der Waals surface area contributed by atoms with Crippen LogP contribution >= 0.6 is 0 Å². The van der Waals surface area contributed by atoms with Gasteiger partial charge in [0.2, 0.25) is 0 Å². The third kappa shape index (κ3) is 5.13. The molecule has 0 heterocycles. The van der Waals surface area contributed by atoms with E-state index in [1.54, 1.807) is 12.2 Å². The minimum atomic E-state index is -0.941. The SMILES string of the molecule is C/C(=C\CC/C=C(\C)C(=O)O)C(=O)O. The van der Waals surface area contributed by atoms with Gasteiger partial charge >= 0.3 is 11.9 Å². The maximum absolute atomic E-state index is 10.4. The number of hydrogen-bond donors (Lipinski definition) is 2. The molecule has 0 aromatic heterocycles. The maximum Gasteiger partial charge on any atom is 0.330 e. The number of rotatable bonds is 5. The summed E-state index contributed by atoms with van der Waals surface area (Å²) >= 11 is 0. The average molecular weight is 198 g/mol. The monoisotopic (exact) mass is 198 g/mol. The van der Waals surface area contributed by atoms with Crippen molar-refractivity contribution in [3.8, 4) is 0 Å². The summed E-state index contributed by atoms with van der Waals surface area (Å²) in [5.74, 6) is -1.88. The molecular formula is C10H14O4. The van der Waals surface area contributed by atoms with Gasteiger partial charge in [-0.3, -0.25) is 0 Å². The highest BCUT2D eigenvalue weighted by Gasteiger charge is 1.99. The van der Waals surface area contributed by atoms with Gasteiger partial charge in [0.15, 0.2) is 0 Å². The van der Waals surface area contributed by atoms with Gasteiger partial charge in [0, 0.05) is 11.1 Å². The number of allylic oxidation sites excluding steroid dienone is 2. The van der Waals surface area contributed by atoms with E-state index < -0.39 is 11.9 Å². The molecule has 0 bridgehead atoms. The normalized spacial score (nSPS) is 12.7. The molecule has 0 aliphatic heterocycles. The lowest BCUT2D eigenvalue weighted by Gasteiger charge is -1.93. The fraction of sp³-hybridized carbons (Fsp3) is 0.400. The second-order valence-corrected chi connectivity index (χ2v) is 2.96. The van der Waals surface area contributed by atoms with Crippen molar-refractivity contribution in [2.45, 2.75) is 26.7 Å². The highest BCUT2D eigenvalue weighted by atomic mass is 16.4. The molecule has 0 saturated heterocycles. The van der Waals surface area contributed by atoms with Crippen molar-refractivity contribution in [3.63, 3.8) is 0 Å². The number of aliphatic carboxylic acids is 2. The van der Waals surface area contributed by atoms with Crippen LogP contribution in [0.15, 0.2) is 23.3 Å². The summed E-state index contributed by atoms with van der Waals surface area (Å²) in [6.07, 6.45) is 4.24. The molecule has 0 fully saturated rings. The Hall–Kier alpha value is -1.58. The van der Waals surface area contributed by atoms with Gasteiger partial charge in [-0.05, 0) is 26.7 Å². The quantitative estimate of drug-likeness (QED) is 0.522. The maximum atomic E-state index is 10.4. The van der Waals surface area contributed by atoms with Crippen molar-refractivity contribution < 1.29 is 19.8 Å². The molecule has 0 saturated carbocycles. The molecule has 4 nitrogen and oxygen atoms in total.